The van der Waals surface area contributed by atoms with Crippen LogP contribution in [-0.4, -0.2) is 5.78 Å². The molecule has 4 heteroatoms. The zero-order valence-corrected chi connectivity index (χ0v) is 9.17. The lowest BCUT2D eigenvalue weighted by Crippen LogP contribution is -2.31. The number of halogens is 2. The van der Waals surface area contributed by atoms with Gasteiger partial charge < -0.3 is 0 Å². The van der Waals surface area contributed by atoms with Crippen molar-refractivity contribution in [1.29, 1.82) is 5.26 Å². The molecule has 0 aromatic heterocycles. The Labute approximate surface area is 97.9 Å². The first-order valence-corrected chi connectivity index (χ1v) is 5.46. The second-order valence-corrected chi connectivity index (χ2v) is 4.36. The van der Waals surface area contributed by atoms with Crippen LogP contribution in [0.5, 0.6) is 0 Å². The van der Waals surface area contributed by atoms with E-state index in [1.54, 1.807) is 0 Å². The van der Waals surface area contributed by atoms with Gasteiger partial charge in [-0.1, -0.05) is 6.07 Å². The third-order valence-corrected chi connectivity index (χ3v) is 3.32. The summed E-state index contributed by atoms with van der Waals surface area (Å²) in [7, 11) is 0. The Bertz CT molecular complexity index is 495. The third-order valence-electron chi connectivity index (χ3n) is 3.32. The minimum atomic E-state index is -0.980. The second-order valence-electron chi connectivity index (χ2n) is 4.36. The summed E-state index contributed by atoms with van der Waals surface area (Å²) in [5, 5.41) is 9.25. The van der Waals surface area contributed by atoms with E-state index in [0.717, 1.165) is 12.1 Å². The van der Waals surface area contributed by atoms with Gasteiger partial charge in [0.05, 0.1) is 11.5 Å². The number of carbonyl (C=O) groups excluding carboxylic acids is 1. The summed E-state index contributed by atoms with van der Waals surface area (Å²) in [5.41, 5.74) is -0.778. The van der Waals surface area contributed by atoms with Crippen LogP contribution in [0, 0.1) is 23.0 Å². The first-order chi connectivity index (χ1) is 8.07. The topological polar surface area (TPSA) is 40.9 Å². The summed E-state index contributed by atoms with van der Waals surface area (Å²) < 4.78 is 26.5. The molecule has 0 atom stereocenters. The molecule has 1 saturated carbocycles. The second kappa shape index (κ2) is 4.25. The van der Waals surface area contributed by atoms with Crippen LogP contribution in [0.2, 0.25) is 0 Å². The highest BCUT2D eigenvalue weighted by molar-refractivity contribution is 5.80. The Morgan fingerprint density at radius 3 is 2.41 bits per heavy atom. The van der Waals surface area contributed by atoms with Gasteiger partial charge >= 0.3 is 0 Å². The van der Waals surface area contributed by atoms with Crippen molar-refractivity contribution in [3.8, 4) is 6.07 Å². The molecule has 88 valence electrons. The quantitative estimate of drug-likeness (QED) is 0.751. The zero-order chi connectivity index (χ0) is 12.5. The van der Waals surface area contributed by atoms with Gasteiger partial charge in [0.15, 0.2) is 0 Å². The van der Waals surface area contributed by atoms with E-state index < -0.39 is 17.0 Å². The molecular formula is C13H11F2NO. The molecule has 17 heavy (non-hydrogen) atoms. The number of nitriles is 1. The van der Waals surface area contributed by atoms with Gasteiger partial charge in [0.25, 0.3) is 0 Å². The first kappa shape index (κ1) is 11.7. The number of ketones is 1. The molecule has 1 aliphatic carbocycles. The highest BCUT2D eigenvalue weighted by Crippen LogP contribution is 2.39. The highest BCUT2D eigenvalue weighted by atomic mass is 19.1. The van der Waals surface area contributed by atoms with Crippen molar-refractivity contribution in [2.75, 3.05) is 0 Å². The van der Waals surface area contributed by atoms with Crippen LogP contribution in [-0.2, 0) is 10.2 Å². The van der Waals surface area contributed by atoms with E-state index in [0.29, 0.717) is 12.8 Å². The maximum Gasteiger partial charge on any atom is 0.133 e. The number of rotatable bonds is 1. The molecule has 0 spiro atoms. The van der Waals surface area contributed by atoms with Crippen molar-refractivity contribution < 1.29 is 13.6 Å². The van der Waals surface area contributed by atoms with Crippen LogP contribution in [0.3, 0.4) is 0 Å². The summed E-state index contributed by atoms with van der Waals surface area (Å²) in [6.07, 6.45) is 1.19. The summed E-state index contributed by atoms with van der Waals surface area (Å²) in [6.45, 7) is 0. The molecule has 0 heterocycles. The van der Waals surface area contributed by atoms with Gasteiger partial charge in [0, 0.05) is 24.5 Å². The maximum atomic E-state index is 13.7. The van der Waals surface area contributed by atoms with Gasteiger partial charge in [-0.25, -0.2) is 8.78 Å². The first-order valence-electron chi connectivity index (χ1n) is 5.46. The number of nitrogens with zero attached hydrogens (tertiary/aromatic N) is 1. The van der Waals surface area contributed by atoms with Crippen molar-refractivity contribution in [3.05, 3.63) is 35.4 Å². The predicted octanol–water partition coefficient (Wildman–Crippen LogP) is 2.87. The lowest BCUT2D eigenvalue weighted by molar-refractivity contribution is -0.121. The molecule has 0 unspecified atom stereocenters. The SMILES string of the molecule is N#CC1(c2ccc(F)cc2F)CCC(=O)CC1. The molecule has 2 nitrogen and oxygen atoms in total. The normalized spacial score (nSPS) is 18.8. The Morgan fingerprint density at radius 1 is 1.24 bits per heavy atom. The smallest absolute Gasteiger partial charge is 0.133 e. The van der Waals surface area contributed by atoms with Gasteiger partial charge in [-0.3, -0.25) is 4.79 Å². The van der Waals surface area contributed by atoms with Crippen molar-refractivity contribution >= 4 is 5.78 Å². The van der Waals surface area contributed by atoms with Crippen molar-refractivity contribution in [2.45, 2.75) is 31.1 Å². The van der Waals surface area contributed by atoms with Crippen LogP contribution in [0.15, 0.2) is 18.2 Å². The molecule has 2 rings (SSSR count). The van der Waals surface area contributed by atoms with E-state index in [2.05, 4.69) is 6.07 Å². The average molecular weight is 235 g/mol. The van der Waals surface area contributed by atoms with Gasteiger partial charge in [-0.2, -0.15) is 5.26 Å². The minimum absolute atomic E-state index is 0.0957. The van der Waals surface area contributed by atoms with E-state index >= 15 is 0 Å². The Morgan fingerprint density at radius 2 is 1.88 bits per heavy atom. The van der Waals surface area contributed by atoms with Crippen LogP contribution in [0.4, 0.5) is 8.78 Å². The minimum Gasteiger partial charge on any atom is -0.300 e. The number of Topliss-reactive ketones (excluding diaryl/α,β-unsaturated/α-hetero) is 1. The van der Waals surface area contributed by atoms with E-state index in [9.17, 15) is 18.8 Å². The van der Waals surface area contributed by atoms with Crippen LogP contribution >= 0.6 is 0 Å². The maximum absolute atomic E-state index is 13.7. The molecular weight excluding hydrogens is 224 g/mol. The molecule has 0 bridgehead atoms. The van der Waals surface area contributed by atoms with E-state index in [1.165, 1.54) is 6.07 Å². The van der Waals surface area contributed by atoms with Gasteiger partial charge in [-0.05, 0) is 18.9 Å². The van der Waals surface area contributed by atoms with Crippen LogP contribution < -0.4 is 0 Å². The zero-order valence-electron chi connectivity index (χ0n) is 9.17. The van der Waals surface area contributed by atoms with Crippen LogP contribution in [0.25, 0.3) is 0 Å². The third kappa shape index (κ3) is 2.05. The number of hydrogen-bond acceptors (Lipinski definition) is 2. The van der Waals surface area contributed by atoms with E-state index in [4.69, 9.17) is 0 Å². The molecule has 0 radical (unpaired) electrons. The Hall–Kier alpha value is -1.76. The molecule has 0 N–H and O–H groups in total. The van der Waals surface area contributed by atoms with E-state index in [-0.39, 0.29) is 24.2 Å². The Balaban J connectivity index is 2.42. The fraction of sp³-hybridized carbons (Fsp3) is 0.385. The summed E-state index contributed by atoms with van der Waals surface area (Å²) in [6, 6.07) is 5.34. The highest BCUT2D eigenvalue weighted by Gasteiger charge is 2.38. The molecule has 0 amide bonds. The Kier molecular flexibility index (Phi) is 2.93. The van der Waals surface area contributed by atoms with Crippen LogP contribution in [0.1, 0.15) is 31.2 Å². The number of hydrogen-bond donors (Lipinski definition) is 0. The van der Waals surface area contributed by atoms with E-state index in [1.807, 2.05) is 0 Å². The molecule has 1 fully saturated rings. The largest absolute Gasteiger partial charge is 0.300 e. The molecule has 1 aromatic carbocycles. The molecule has 0 saturated heterocycles. The van der Waals surface area contributed by atoms with Crippen molar-refractivity contribution in [1.82, 2.24) is 0 Å². The summed E-state index contributed by atoms with van der Waals surface area (Å²) in [5.74, 6) is -1.27. The van der Waals surface area contributed by atoms with Gasteiger partial charge in [0.1, 0.15) is 17.4 Å². The number of carbonyl (C=O) groups is 1. The monoisotopic (exact) mass is 235 g/mol. The number of benzene rings is 1. The molecule has 0 aliphatic heterocycles. The molecule has 1 aliphatic rings. The molecule has 1 aromatic rings. The fourth-order valence-corrected chi connectivity index (χ4v) is 2.27. The van der Waals surface area contributed by atoms with Crippen molar-refractivity contribution in [2.24, 2.45) is 0 Å². The lowest BCUT2D eigenvalue weighted by Gasteiger charge is -2.30. The fourth-order valence-electron chi connectivity index (χ4n) is 2.27. The average Bonchev–Trinajstić information content (AvgIpc) is 2.31. The lowest BCUT2D eigenvalue weighted by atomic mass is 9.70. The van der Waals surface area contributed by atoms with Gasteiger partial charge in [-0.15, -0.1) is 0 Å². The summed E-state index contributed by atoms with van der Waals surface area (Å²) in [4.78, 5) is 11.2. The van der Waals surface area contributed by atoms with Gasteiger partial charge in [0.2, 0.25) is 0 Å². The van der Waals surface area contributed by atoms with Crippen molar-refractivity contribution in [3.63, 3.8) is 0 Å². The predicted molar refractivity (Wildman–Crippen MR) is 57.1 cm³/mol. The standard InChI is InChI=1S/C13H11F2NO/c14-9-1-2-11(12(15)7-9)13(8-16)5-3-10(17)4-6-13/h1-2,7H,3-6H2. The summed E-state index contributed by atoms with van der Waals surface area (Å²) >= 11 is 0.